The first-order valence-corrected chi connectivity index (χ1v) is 5.98. The van der Waals surface area contributed by atoms with E-state index in [2.05, 4.69) is 0 Å². The normalized spacial score (nSPS) is 38.2. The van der Waals surface area contributed by atoms with Gasteiger partial charge in [-0.15, -0.1) is 0 Å². The quantitative estimate of drug-likeness (QED) is 0.218. The standard InChI is InChI=1S/C6H13NO5.H3O4P/c7-3-5(10)4(9)2(1-8)12-6(3)11;1-5(2,3)4/h2-6,8-11H,1,7H2;(H3,1,2,3,4)/t2-,3-,4+,5-,6?;/m1./s1. The molecule has 0 aromatic rings. The summed E-state index contributed by atoms with van der Waals surface area (Å²) < 4.78 is 13.6. The molecule has 5 atom stereocenters. The number of nitrogens with two attached hydrogens (primary N) is 1. The monoisotopic (exact) mass is 277 g/mol. The Balaban J connectivity index is 0.000000437. The van der Waals surface area contributed by atoms with E-state index in [0.29, 0.717) is 0 Å². The summed E-state index contributed by atoms with van der Waals surface area (Å²) in [4.78, 5) is 21.6. The largest absolute Gasteiger partial charge is 0.466 e. The molecule has 10 nitrogen and oxygen atoms in total. The predicted molar refractivity (Wildman–Crippen MR) is 52.2 cm³/mol. The number of phosphoric acid groups is 1. The first kappa shape index (κ1) is 16.9. The Morgan fingerprint density at radius 2 is 1.53 bits per heavy atom. The maximum atomic E-state index is 9.20. The molecule has 0 amide bonds. The lowest BCUT2D eigenvalue weighted by molar-refractivity contribution is -0.248. The predicted octanol–water partition coefficient (Wildman–Crippen LogP) is -4.18. The third-order valence-corrected chi connectivity index (χ3v) is 1.95. The van der Waals surface area contributed by atoms with E-state index in [-0.39, 0.29) is 0 Å². The highest BCUT2D eigenvalue weighted by atomic mass is 31.2. The summed E-state index contributed by atoms with van der Waals surface area (Å²) in [6.07, 6.45) is -4.85. The Bertz CT molecular complexity index is 257. The molecule has 0 radical (unpaired) electrons. The fraction of sp³-hybridized carbons (Fsp3) is 1.00. The van der Waals surface area contributed by atoms with E-state index in [1.54, 1.807) is 0 Å². The van der Waals surface area contributed by atoms with E-state index in [4.69, 9.17) is 39.9 Å². The van der Waals surface area contributed by atoms with E-state index in [0.717, 1.165) is 0 Å². The number of ether oxygens (including phenoxy) is 1. The van der Waals surface area contributed by atoms with Gasteiger partial charge in [-0.05, 0) is 0 Å². The third kappa shape index (κ3) is 6.38. The summed E-state index contributed by atoms with van der Waals surface area (Å²) in [5.41, 5.74) is 5.26. The smallest absolute Gasteiger partial charge is 0.394 e. The molecule has 1 aliphatic rings. The number of aliphatic hydroxyl groups excluding tert-OH is 4. The molecular formula is C6H16NO9P. The van der Waals surface area contributed by atoms with Crippen LogP contribution in [0.25, 0.3) is 0 Å². The van der Waals surface area contributed by atoms with E-state index in [1.807, 2.05) is 0 Å². The molecule has 1 saturated heterocycles. The van der Waals surface area contributed by atoms with Crippen molar-refractivity contribution in [3.63, 3.8) is 0 Å². The molecule has 1 aliphatic heterocycles. The summed E-state index contributed by atoms with van der Waals surface area (Å²) in [7, 11) is -4.64. The van der Waals surface area contributed by atoms with Crippen molar-refractivity contribution in [1.29, 1.82) is 0 Å². The molecule has 1 heterocycles. The minimum atomic E-state index is -4.64. The molecule has 1 fully saturated rings. The molecule has 0 bridgehead atoms. The van der Waals surface area contributed by atoms with E-state index in [1.165, 1.54) is 0 Å². The van der Waals surface area contributed by atoms with Crippen LogP contribution in [0.4, 0.5) is 0 Å². The molecule has 17 heavy (non-hydrogen) atoms. The van der Waals surface area contributed by atoms with Crippen molar-refractivity contribution in [1.82, 2.24) is 0 Å². The topological polar surface area (TPSA) is 194 Å². The van der Waals surface area contributed by atoms with Gasteiger partial charge in [0.1, 0.15) is 18.3 Å². The molecule has 0 aromatic carbocycles. The van der Waals surface area contributed by atoms with Crippen molar-refractivity contribution in [2.75, 3.05) is 6.61 Å². The molecule has 1 unspecified atom stereocenters. The van der Waals surface area contributed by atoms with Gasteiger partial charge in [0.05, 0.1) is 12.6 Å². The fourth-order valence-corrected chi connectivity index (χ4v) is 1.12. The van der Waals surface area contributed by atoms with Gasteiger partial charge in [0.2, 0.25) is 0 Å². The Morgan fingerprint density at radius 3 is 1.88 bits per heavy atom. The molecule has 0 spiro atoms. The Kier molecular flexibility index (Phi) is 6.66. The zero-order valence-corrected chi connectivity index (χ0v) is 9.46. The van der Waals surface area contributed by atoms with Gasteiger partial charge in [-0.2, -0.15) is 0 Å². The van der Waals surface area contributed by atoms with E-state index >= 15 is 0 Å². The third-order valence-electron chi connectivity index (χ3n) is 1.95. The van der Waals surface area contributed by atoms with Crippen molar-refractivity contribution in [2.45, 2.75) is 30.6 Å². The molecule has 104 valence electrons. The van der Waals surface area contributed by atoms with Crippen LogP contribution in [0.15, 0.2) is 0 Å². The lowest BCUT2D eigenvalue weighted by atomic mass is 9.98. The maximum Gasteiger partial charge on any atom is 0.466 e. The summed E-state index contributed by atoms with van der Waals surface area (Å²) in [5, 5.41) is 36.1. The second-order valence-electron chi connectivity index (χ2n) is 3.32. The first-order valence-electron chi connectivity index (χ1n) is 4.42. The van der Waals surface area contributed by atoms with E-state index < -0.39 is 45.1 Å². The van der Waals surface area contributed by atoms with Gasteiger partial charge < -0.3 is 45.6 Å². The number of rotatable bonds is 1. The van der Waals surface area contributed by atoms with Crippen LogP contribution >= 0.6 is 7.82 Å². The summed E-state index contributed by atoms with van der Waals surface area (Å²) >= 11 is 0. The van der Waals surface area contributed by atoms with Crippen LogP contribution < -0.4 is 5.73 Å². The van der Waals surface area contributed by atoms with Crippen LogP contribution in [0.2, 0.25) is 0 Å². The summed E-state index contributed by atoms with van der Waals surface area (Å²) in [5.74, 6) is 0. The average Bonchev–Trinajstić information content (AvgIpc) is 2.18. The molecule has 11 heteroatoms. The Labute approximate surface area is 96.1 Å². The van der Waals surface area contributed by atoms with Crippen molar-refractivity contribution in [2.24, 2.45) is 5.73 Å². The summed E-state index contributed by atoms with van der Waals surface area (Å²) in [6.45, 7) is -0.470. The minimum Gasteiger partial charge on any atom is -0.394 e. The second-order valence-corrected chi connectivity index (χ2v) is 4.35. The Morgan fingerprint density at radius 1 is 1.12 bits per heavy atom. The average molecular weight is 277 g/mol. The van der Waals surface area contributed by atoms with Crippen LogP contribution in [0.3, 0.4) is 0 Å². The van der Waals surface area contributed by atoms with Gasteiger partial charge in [0.15, 0.2) is 6.29 Å². The first-order chi connectivity index (χ1) is 7.57. The van der Waals surface area contributed by atoms with Crippen LogP contribution in [0, 0.1) is 0 Å². The number of hydrogen-bond acceptors (Lipinski definition) is 7. The lowest BCUT2D eigenvalue weighted by Crippen LogP contribution is -2.61. The SMILES string of the molecule is N[C@H]1C(O)O[C@H](CO)[C@H](O)[C@@H]1O.O=P(O)(O)O. The summed E-state index contributed by atoms with van der Waals surface area (Å²) in [6, 6.07) is -1.04. The van der Waals surface area contributed by atoms with Crippen molar-refractivity contribution < 1.29 is 44.4 Å². The maximum absolute atomic E-state index is 9.20. The molecule has 0 saturated carbocycles. The van der Waals surface area contributed by atoms with Gasteiger partial charge in [-0.1, -0.05) is 0 Å². The lowest BCUT2D eigenvalue weighted by Gasteiger charge is -2.38. The van der Waals surface area contributed by atoms with Crippen molar-refractivity contribution in [3.05, 3.63) is 0 Å². The van der Waals surface area contributed by atoms with Gasteiger partial charge in [0, 0.05) is 0 Å². The zero-order chi connectivity index (χ0) is 13.8. The zero-order valence-electron chi connectivity index (χ0n) is 8.57. The van der Waals surface area contributed by atoms with Crippen LogP contribution in [0.5, 0.6) is 0 Å². The van der Waals surface area contributed by atoms with Crippen molar-refractivity contribution in [3.8, 4) is 0 Å². The fourth-order valence-electron chi connectivity index (χ4n) is 1.12. The second kappa shape index (κ2) is 6.71. The highest BCUT2D eigenvalue weighted by molar-refractivity contribution is 7.45. The molecule has 1 rings (SSSR count). The van der Waals surface area contributed by atoms with Gasteiger partial charge in [-0.3, -0.25) is 0 Å². The number of hydrogen-bond donors (Lipinski definition) is 8. The van der Waals surface area contributed by atoms with Gasteiger partial charge in [-0.25, -0.2) is 4.57 Å². The van der Waals surface area contributed by atoms with Crippen LogP contribution in [-0.2, 0) is 9.30 Å². The molecule has 0 aliphatic carbocycles. The van der Waals surface area contributed by atoms with Crippen LogP contribution in [0.1, 0.15) is 0 Å². The molecular weight excluding hydrogens is 261 g/mol. The Hall–Kier alpha value is -0.130. The minimum absolute atomic E-state index is 0.470. The van der Waals surface area contributed by atoms with Gasteiger partial charge in [0.25, 0.3) is 0 Å². The van der Waals surface area contributed by atoms with Gasteiger partial charge >= 0.3 is 7.82 Å². The number of aliphatic hydroxyl groups is 4. The highest BCUT2D eigenvalue weighted by Crippen LogP contribution is 2.25. The van der Waals surface area contributed by atoms with Crippen molar-refractivity contribution >= 4 is 7.82 Å². The molecule has 0 aromatic heterocycles. The highest BCUT2D eigenvalue weighted by Gasteiger charge is 2.41. The van der Waals surface area contributed by atoms with E-state index in [9.17, 15) is 10.2 Å². The van der Waals surface area contributed by atoms with Crippen LogP contribution in [-0.4, -0.2) is 72.4 Å². The molecule has 9 N–H and O–H groups in total.